The summed E-state index contributed by atoms with van der Waals surface area (Å²) in [7, 11) is 2.14. The third-order valence-corrected chi connectivity index (χ3v) is 3.70. The summed E-state index contributed by atoms with van der Waals surface area (Å²) in [6.07, 6.45) is 1.15. The predicted molar refractivity (Wildman–Crippen MR) is 84.6 cm³/mol. The molecule has 3 heteroatoms. The lowest BCUT2D eigenvalue weighted by molar-refractivity contribution is 0.371. The Morgan fingerprint density at radius 1 is 1.21 bits per heavy atom. The van der Waals surface area contributed by atoms with Gasteiger partial charge in [-0.25, -0.2) is 0 Å². The molecule has 0 fully saturated rings. The van der Waals surface area contributed by atoms with Gasteiger partial charge in [-0.05, 0) is 50.0 Å². The number of rotatable bonds is 9. The van der Waals surface area contributed by atoms with E-state index in [0.717, 1.165) is 32.6 Å². The monoisotopic (exact) mass is 263 g/mol. The van der Waals surface area contributed by atoms with E-state index in [1.807, 2.05) is 0 Å². The van der Waals surface area contributed by atoms with Crippen LogP contribution >= 0.6 is 0 Å². The zero-order valence-corrected chi connectivity index (χ0v) is 12.6. The van der Waals surface area contributed by atoms with Crippen molar-refractivity contribution >= 4 is 5.69 Å². The lowest BCUT2D eigenvalue weighted by Crippen LogP contribution is -2.33. The fourth-order valence-electron chi connectivity index (χ4n) is 2.13. The Balaban J connectivity index is 2.14. The topological polar surface area (TPSA) is 41.3 Å². The largest absolute Gasteiger partial charge is 0.375 e. The van der Waals surface area contributed by atoms with Crippen molar-refractivity contribution in [3.63, 3.8) is 0 Å². The van der Waals surface area contributed by atoms with Gasteiger partial charge in [-0.1, -0.05) is 32.0 Å². The predicted octanol–water partition coefficient (Wildman–Crippen LogP) is 2.33. The van der Waals surface area contributed by atoms with Gasteiger partial charge in [0.05, 0.1) is 0 Å². The van der Waals surface area contributed by atoms with Gasteiger partial charge < -0.3 is 16.0 Å². The Bertz CT molecular complexity index is 324. The van der Waals surface area contributed by atoms with E-state index < -0.39 is 0 Å². The van der Waals surface area contributed by atoms with Crippen molar-refractivity contribution in [1.82, 2.24) is 5.32 Å². The van der Waals surface area contributed by atoms with Crippen LogP contribution < -0.4 is 16.0 Å². The van der Waals surface area contributed by atoms with Crippen LogP contribution in [0.1, 0.15) is 20.3 Å². The average Bonchev–Trinajstić information content (AvgIpc) is 2.43. The molecule has 0 aliphatic carbocycles. The summed E-state index contributed by atoms with van der Waals surface area (Å²) >= 11 is 0. The molecule has 0 aliphatic rings. The molecular weight excluding hydrogens is 234 g/mol. The summed E-state index contributed by atoms with van der Waals surface area (Å²) in [5, 5.41) is 3.52. The zero-order chi connectivity index (χ0) is 14.1. The fourth-order valence-corrected chi connectivity index (χ4v) is 2.13. The molecule has 0 radical (unpaired) electrons. The summed E-state index contributed by atoms with van der Waals surface area (Å²) in [4.78, 5) is 2.30. The lowest BCUT2D eigenvalue weighted by atomic mass is 9.96. The van der Waals surface area contributed by atoms with Crippen molar-refractivity contribution in [3.8, 4) is 0 Å². The van der Waals surface area contributed by atoms with E-state index in [4.69, 9.17) is 5.73 Å². The number of para-hydroxylation sites is 1. The second kappa shape index (κ2) is 8.94. The van der Waals surface area contributed by atoms with Crippen LogP contribution in [-0.4, -0.2) is 33.2 Å². The molecule has 1 atom stereocenters. The number of hydrogen-bond donors (Lipinski definition) is 2. The number of nitrogens with zero attached hydrogens (tertiary/aromatic N) is 1. The number of benzene rings is 1. The molecule has 0 saturated carbocycles. The fraction of sp³-hybridized carbons (Fsp3) is 0.625. The van der Waals surface area contributed by atoms with E-state index in [1.54, 1.807) is 0 Å². The van der Waals surface area contributed by atoms with Crippen LogP contribution in [0.5, 0.6) is 0 Å². The molecule has 0 bridgehead atoms. The van der Waals surface area contributed by atoms with E-state index in [9.17, 15) is 0 Å². The van der Waals surface area contributed by atoms with Crippen LogP contribution in [0.2, 0.25) is 0 Å². The van der Waals surface area contributed by atoms with E-state index >= 15 is 0 Å². The molecule has 0 aromatic heterocycles. The number of nitrogens with two attached hydrogens (primary N) is 1. The summed E-state index contributed by atoms with van der Waals surface area (Å²) < 4.78 is 0. The minimum absolute atomic E-state index is 0.590. The van der Waals surface area contributed by atoms with Gasteiger partial charge >= 0.3 is 0 Å². The molecule has 0 heterocycles. The first kappa shape index (κ1) is 16.0. The Labute approximate surface area is 118 Å². The molecule has 108 valence electrons. The smallest absolute Gasteiger partial charge is 0.0363 e. The summed E-state index contributed by atoms with van der Waals surface area (Å²) in [6.45, 7) is 8.41. The van der Waals surface area contributed by atoms with Crippen LogP contribution in [0.4, 0.5) is 5.69 Å². The van der Waals surface area contributed by atoms with Gasteiger partial charge in [0.1, 0.15) is 0 Å². The van der Waals surface area contributed by atoms with E-state index in [0.29, 0.717) is 11.8 Å². The van der Waals surface area contributed by atoms with Crippen LogP contribution in [0, 0.1) is 11.8 Å². The second-order valence-electron chi connectivity index (χ2n) is 5.55. The van der Waals surface area contributed by atoms with Crippen molar-refractivity contribution in [2.75, 3.05) is 38.1 Å². The lowest BCUT2D eigenvalue weighted by Gasteiger charge is -2.21. The van der Waals surface area contributed by atoms with Gasteiger partial charge in [-0.15, -0.1) is 0 Å². The SMILES string of the molecule is CC(C)C(CN)CNCCCN(C)c1ccccc1. The van der Waals surface area contributed by atoms with E-state index in [2.05, 4.69) is 61.4 Å². The quantitative estimate of drug-likeness (QED) is 0.672. The highest BCUT2D eigenvalue weighted by atomic mass is 15.1. The number of nitrogens with one attached hydrogen (secondary N) is 1. The highest BCUT2D eigenvalue weighted by Gasteiger charge is 2.10. The Morgan fingerprint density at radius 2 is 1.89 bits per heavy atom. The molecule has 19 heavy (non-hydrogen) atoms. The van der Waals surface area contributed by atoms with Crippen LogP contribution in [0.25, 0.3) is 0 Å². The van der Waals surface area contributed by atoms with Crippen molar-refractivity contribution in [2.24, 2.45) is 17.6 Å². The van der Waals surface area contributed by atoms with Crippen molar-refractivity contribution in [3.05, 3.63) is 30.3 Å². The zero-order valence-electron chi connectivity index (χ0n) is 12.6. The summed E-state index contributed by atoms with van der Waals surface area (Å²) in [5.41, 5.74) is 7.05. The maximum atomic E-state index is 5.76. The Hall–Kier alpha value is -1.06. The molecule has 0 aliphatic heterocycles. The maximum Gasteiger partial charge on any atom is 0.0363 e. The first-order valence-electron chi connectivity index (χ1n) is 7.32. The van der Waals surface area contributed by atoms with Crippen molar-refractivity contribution in [2.45, 2.75) is 20.3 Å². The maximum absolute atomic E-state index is 5.76. The highest BCUT2D eigenvalue weighted by Crippen LogP contribution is 2.11. The van der Waals surface area contributed by atoms with Gasteiger partial charge in [0.2, 0.25) is 0 Å². The van der Waals surface area contributed by atoms with Gasteiger partial charge in [-0.2, -0.15) is 0 Å². The minimum atomic E-state index is 0.590. The van der Waals surface area contributed by atoms with Crippen molar-refractivity contribution in [1.29, 1.82) is 0 Å². The normalized spacial score (nSPS) is 12.7. The van der Waals surface area contributed by atoms with Gasteiger partial charge in [0, 0.05) is 19.3 Å². The summed E-state index contributed by atoms with van der Waals surface area (Å²) in [6, 6.07) is 10.5. The van der Waals surface area contributed by atoms with Crippen molar-refractivity contribution < 1.29 is 0 Å². The Kier molecular flexibility index (Phi) is 7.53. The summed E-state index contributed by atoms with van der Waals surface area (Å²) in [5.74, 6) is 1.25. The molecule has 3 nitrogen and oxygen atoms in total. The number of hydrogen-bond acceptors (Lipinski definition) is 3. The highest BCUT2D eigenvalue weighted by molar-refractivity contribution is 5.44. The van der Waals surface area contributed by atoms with Gasteiger partial charge in [0.25, 0.3) is 0 Å². The standard InChI is InChI=1S/C16H29N3/c1-14(2)15(12-17)13-18-10-7-11-19(3)16-8-5-4-6-9-16/h4-6,8-9,14-15,18H,7,10-13,17H2,1-3H3. The average molecular weight is 263 g/mol. The van der Waals surface area contributed by atoms with E-state index in [1.165, 1.54) is 5.69 Å². The third kappa shape index (κ3) is 6.08. The van der Waals surface area contributed by atoms with Crippen LogP contribution in [0.3, 0.4) is 0 Å². The Morgan fingerprint density at radius 3 is 2.47 bits per heavy atom. The molecule has 1 aromatic carbocycles. The second-order valence-corrected chi connectivity index (χ2v) is 5.55. The van der Waals surface area contributed by atoms with Crippen LogP contribution in [0.15, 0.2) is 30.3 Å². The first-order valence-corrected chi connectivity index (χ1v) is 7.32. The van der Waals surface area contributed by atoms with E-state index in [-0.39, 0.29) is 0 Å². The minimum Gasteiger partial charge on any atom is -0.375 e. The molecule has 1 rings (SSSR count). The third-order valence-electron chi connectivity index (χ3n) is 3.70. The molecule has 1 unspecified atom stereocenters. The molecule has 1 aromatic rings. The van der Waals surface area contributed by atoms with Gasteiger partial charge in [0.15, 0.2) is 0 Å². The number of anilines is 1. The van der Waals surface area contributed by atoms with Gasteiger partial charge in [-0.3, -0.25) is 0 Å². The molecule has 3 N–H and O–H groups in total. The van der Waals surface area contributed by atoms with Crippen LogP contribution in [-0.2, 0) is 0 Å². The molecular formula is C16H29N3. The first-order chi connectivity index (χ1) is 9.15. The molecule has 0 saturated heterocycles. The molecule has 0 spiro atoms. The molecule has 0 amide bonds.